The summed E-state index contributed by atoms with van der Waals surface area (Å²) in [6.07, 6.45) is 4.90. The molecule has 0 aromatic heterocycles. The van der Waals surface area contributed by atoms with Gasteiger partial charge in [-0.05, 0) is 18.8 Å². The lowest BCUT2D eigenvalue weighted by Gasteiger charge is -2.40. The Balaban J connectivity index is 4.36. The highest BCUT2D eigenvalue weighted by molar-refractivity contribution is 5.82. The third kappa shape index (κ3) is 3.11. The normalized spacial score (nSPS) is 13.0. The molecule has 0 N–H and O–H groups in total. The molecule has 1 nitrogen and oxygen atoms in total. The monoisotopic (exact) mass is 198 g/mol. The largest absolute Gasteiger partial charge is 0.299 e. The van der Waals surface area contributed by atoms with Crippen LogP contribution in [0.5, 0.6) is 0 Å². The van der Waals surface area contributed by atoms with E-state index in [1.54, 1.807) is 6.92 Å². The summed E-state index contributed by atoms with van der Waals surface area (Å²) in [4.78, 5) is 11.5. The number of hydrogen-bond donors (Lipinski definition) is 0. The minimum atomic E-state index is -0.194. The topological polar surface area (TPSA) is 17.1 Å². The number of unbranched alkanes of at least 4 members (excludes halogenated alkanes) is 2. The molecule has 1 heteroatoms. The molecule has 0 aliphatic rings. The van der Waals surface area contributed by atoms with Gasteiger partial charge in [0.05, 0.1) is 0 Å². The number of carbonyl (C=O) groups is 1. The van der Waals surface area contributed by atoms with E-state index in [0.29, 0.717) is 5.78 Å². The molecule has 0 saturated carbocycles. The fraction of sp³-hybridized carbons (Fsp3) is 0.923. The van der Waals surface area contributed by atoms with E-state index >= 15 is 0 Å². The van der Waals surface area contributed by atoms with Crippen molar-refractivity contribution in [2.75, 3.05) is 0 Å². The molecular formula is C13H26O. The first-order valence-corrected chi connectivity index (χ1v) is 5.76. The summed E-state index contributed by atoms with van der Waals surface area (Å²) >= 11 is 0. The van der Waals surface area contributed by atoms with Crippen LogP contribution in [-0.2, 0) is 4.79 Å². The molecule has 0 fully saturated rings. The Kier molecular flexibility index (Phi) is 4.83. The van der Waals surface area contributed by atoms with Gasteiger partial charge in [-0.1, -0.05) is 53.9 Å². The van der Waals surface area contributed by atoms with Crippen molar-refractivity contribution >= 4 is 5.78 Å². The fourth-order valence-corrected chi connectivity index (χ4v) is 1.61. The van der Waals surface area contributed by atoms with E-state index in [9.17, 15) is 4.79 Å². The highest BCUT2D eigenvalue weighted by atomic mass is 16.1. The standard InChI is InChI=1S/C13H26O/c1-7-8-9-10-12(3,4)13(5,6)11(2)14/h7-10H2,1-6H3. The van der Waals surface area contributed by atoms with Gasteiger partial charge in [-0.3, -0.25) is 4.79 Å². The molecular weight excluding hydrogens is 172 g/mol. The van der Waals surface area contributed by atoms with Crippen LogP contribution in [0.4, 0.5) is 0 Å². The highest BCUT2D eigenvalue weighted by Crippen LogP contribution is 2.43. The Bertz CT molecular complexity index is 189. The summed E-state index contributed by atoms with van der Waals surface area (Å²) in [5.74, 6) is 0.305. The number of Topliss-reactive ketones (excluding diaryl/α,β-unsaturated/α-hetero) is 1. The molecule has 0 aliphatic carbocycles. The zero-order chi connectivity index (χ0) is 11.4. The minimum absolute atomic E-state index is 0.119. The van der Waals surface area contributed by atoms with Crippen LogP contribution < -0.4 is 0 Å². The smallest absolute Gasteiger partial charge is 0.135 e. The molecule has 0 aromatic rings. The summed E-state index contributed by atoms with van der Waals surface area (Å²) < 4.78 is 0. The zero-order valence-electron chi connectivity index (χ0n) is 10.7. The Morgan fingerprint density at radius 3 is 1.93 bits per heavy atom. The molecule has 0 unspecified atom stereocenters. The van der Waals surface area contributed by atoms with E-state index in [0.717, 1.165) is 6.42 Å². The van der Waals surface area contributed by atoms with E-state index in [1.165, 1.54) is 19.3 Å². The molecule has 14 heavy (non-hydrogen) atoms. The van der Waals surface area contributed by atoms with Crippen LogP contribution in [0.1, 0.15) is 67.2 Å². The van der Waals surface area contributed by atoms with Gasteiger partial charge in [0.25, 0.3) is 0 Å². The van der Waals surface area contributed by atoms with Crippen LogP contribution in [0.15, 0.2) is 0 Å². The van der Waals surface area contributed by atoms with Gasteiger partial charge < -0.3 is 0 Å². The summed E-state index contributed by atoms with van der Waals surface area (Å²) in [7, 11) is 0. The van der Waals surface area contributed by atoms with Gasteiger partial charge in [0.2, 0.25) is 0 Å². The van der Waals surface area contributed by atoms with Crippen molar-refractivity contribution in [3.63, 3.8) is 0 Å². The van der Waals surface area contributed by atoms with Gasteiger partial charge in [-0.25, -0.2) is 0 Å². The van der Waals surface area contributed by atoms with Gasteiger partial charge >= 0.3 is 0 Å². The van der Waals surface area contributed by atoms with E-state index in [4.69, 9.17) is 0 Å². The quantitative estimate of drug-likeness (QED) is 0.584. The van der Waals surface area contributed by atoms with Crippen LogP contribution in [0, 0.1) is 10.8 Å². The van der Waals surface area contributed by atoms with Crippen molar-refractivity contribution in [2.24, 2.45) is 10.8 Å². The van der Waals surface area contributed by atoms with Crippen LogP contribution >= 0.6 is 0 Å². The van der Waals surface area contributed by atoms with Gasteiger partial charge in [0, 0.05) is 5.41 Å². The number of ketones is 1. The molecule has 0 amide bonds. The predicted molar refractivity (Wildman–Crippen MR) is 62.4 cm³/mol. The van der Waals surface area contributed by atoms with Crippen LogP contribution in [0.25, 0.3) is 0 Å². The predicted octanol–water partition coefficient (Wildman–Crippen LogP) is 4.21. The molecule has 0 heterocycles. The molecule has 0 atom stereocenters. The molecule has 0 bridgehead atoms. The lowest BCUT2D eigenvalue weighted by molar-refractivity contribution is -0.131. The summed E-state index contributed by atoms with van der Waals surface area (Å²) in [6, 6.07) is 0. The molecule has 0 rings (SSSR count). The fourth-order valence-electron chi connectivity index (χ4n) is 1.61. The average Bonchev–Trinajstić information content (AvgIpc) is 2.04. The Morgan fingerprint density at radius 2 is 1.57 bits per heavy atom. The zero-order valence-corrected chi connectivity index (χ0v) is 10.7. The van der Waals surface area contributed by atoms with E-state index in [1.807, 2.05) is 0 Å². The second-order valence-corrected chi connectivity index (χ2v) is 5.52. The first-order valence-electron chi connectivity index (χ1n) is 5.76. The summed E-state index contributed by atoms with van der Waals surface area (Å²) in [5.41, 5.74) is -0.0747. The van der Waals surface area contributed by atoms with E-state index in [-0.39, 0.29) is 10.8 Å². The Labute approximate surface area is 89.3 Å². The third-order valence-corrected chi connectivity index (χ3v) is 3.98. The van der Waals surface area contributed by atoms with E-state index in [2.05, 4.69) is 34.6 Å². The maximum atomic E-state index is 11.5. The first-order chi connectivity index (χ1) is 6.25. The maximum absolute atomic E-state index is 11.5. The third-order valence-electron chi connectivity index (χ3n) is 3.98. The lowest BCUT2D eigenvalue weighted by Crippen LogP contribution is -2.38. The lowest BCUT2D eigenvalue weighted by atomic mass is 9.63. The van der Waals surface area contributed by atoms with Crippen molar-refractivity contribution < 1.29 is 4.79 Å². The Morgan fingerprint density at radius 1 is 1.07 bits per heavy atom. The highest BCUT2D eigenvalue weighted by Gasteiger charge is 2.39. The van der Waals surface area contributed by atoms with Gasteiger partial charge in [0.15, 0.2) is 0 Å². The van der Waals surface area contributed by atoms with Crippen molar-refractivity contribution in [3.05, 3.63) is 0 Å². The van der Waals surface area contributed by atoms with E-state index < -0.39 is 0 Å². The van der Waals surface area contributed by atoms with Crippen LogP contribution in [0.2, 0.25) is 0 Å². The molecule has 0 aliphatic heterocycles. The molecule has 84 valence electrons. The number of hydrogen-bond acceptors (Lipinski definition) is 1. The van der Waals surface area contributed by atoms with Gasteiger partial charge in [-0.15, -0.1) is 0 Å². The summed E-state index contributed by atoms with van der Waals surface area (Å²) in [6.45, 7) is 12.5. The Hall–Kier alpha value is -0.330. The van der Waals surface area contributed by atoms with Crippen molar-refractivity contribution in [1.82, 2.24) is 0 Å². The average molecular weight is 198 g/mol. The van der Waals surface area contributed by atoms with Crippen molar-refractivity contribution in [2.45, 2.75) is 67.2 Å². The minimum Gasteiger partial charge on any atom is -0.299 e. The first kappa shape index (κ1) is 13.7. The van der Waals surface area contributed by atoms with Crippen LogP contribution in [-0.4, -0.2) is 5.78 Å². The second kappa shape index (κ2) is 4.95. The van der Waals surface area contributed by atoms with Crippen molar-refractivity contribution in [3.8, 4) is 0 Å². The second-order valence-electron chi connectivity index (χ2n) is 5.52. The van der Waals surface area contributed by atoms with Crippen LogP contribution in [0.3, 0.4) is 0 Å². The number of carbonyl (C=O) groups excluding carboxylic acids is 1. The molecule has 0 aromatic carbocycles. The van der Waals surface area contributed by atoms with Gasteiger partial charge in [0.1, 0.15) is 5.78 Å². The molecule has 0 spiro atoms. The SMILES string of the molecule is CCCCCC(C)(C)C(C)(C)C(C)=O. The maximum Gasteiger partial charge on any atom is 0.135 e. The molecule has 0 radical (unpaired) electrons. The van der Waals surface area contributed by atoms with Gasteiger partial charge in [-0.2, -0.15) is 0 Å². The number of rotatable bonds is 6. The summed E-state index contributed by atoms with van der Waals surface area (Å²) in [5, 5.41) is 0. The molecule has 0 saturated heterocycles. The van der Waals surface area contributed by atoms with Crippen molar-refractivity contribution in [1.29, 1.82) is 0 Å².